The number of ether oxygens (including phenoxy) is 1. The molecule has 0 aliphatic carbocycles. The smallest absolute Gasteiger partial charge is 0.303 e. The molecule has 1 unspecified atom stereocenters. The molecule has 0 spiro atoms. The quantitative estimate of drug-likeness (QED) is 0.819. The number of carboxylic acids is 1. The van der Waals surface area contributed by atoms with Gasteiger partial charge in [-0.25, -0.2) is 0 Å². The van der Waals surface area contributed by atoms with Crippen molar-refractivity contribution < 1.29 is 14.6 Å². The maximum Gasteiger partial charge on any atom is 0.303 e. The van der Waals surface area contributed by atoms with Gasteiger partial charge in [0.25, 0.3) is 0 Å². The molecule has 0 aliphatic rings. The standard InChI is InChI=1S/C17H17BrO3/c1-12(2-11-17(19)20)21-16-9-5-14(6-10-16)13-3-7-15(18)8-4-13/h3-10,12H,2,11H2,1H3,(H,19,20). The average molecular weight is 349 g/mol. The van der Waals surface area contributed by atoms with E-state index in [2.05, 4.69) is 28.1 Å². The number of carbonyl (C=O) groups is 1. The van der Waals surface area contributed by atoms with Gasteiger partial charge < -0.3 is 9.84 Å². The second kappa shape index (κ2) is 7.27. The SMILES string of the molecule is CC(CCC(=O)O)Oc1ccc(-c2ccc(Br)cc2)cc1. The summed E-state index contributed by atoms with van der Waals surface area (Å²) in [4.78, 5) is 10.5. The van der Waals surface area contributed by atoms with Crippen molar-refractivity contribution in [1.82, 2.24) is 0 Å². The summed E-state index contributed by atoms with van der Waals surface area (Å²) >= 11 is 3.42. The molecule has 1 N–H and O–H groups in total. The summed E-state index contributed by atoms with van der Waals surface area (Å²) in [6, 6.07) is 15.9. The summed E-state index contributed by atoms with van der Waals surface area (Å²) in [5.41, 5.74) is 2.26. The van der Waals surface area contributed by atoms with Crippen molar-refractivity contribution in [3.05, 3.63) is 53.0 Å². The summed E-state index contributed by atoms with van der Waals surface area (Å²) in [5.74, 6) is -0.0372. The molecule has 0 amide bonds. The second-order valence-corrected chi connectivity index (χ2v) is 5.81. The number of aliphatic carboxylic acids is 1. The second-order valence-electron chi connectivity index (χ2n) is 4.89. The molecule has 2 aromatic rings. The summed E-state index contributed by atoms with van der Waals surface area (Å²) in [6.07, 6.45) is 0.515. The molecule has 0 radical (unpaired) electrons. The molecule has 2 aromatic carbocycles. The normalized spacial score (nSPS) is 11.9. The van der Waals surface area contributed by atoms with Crippen LogP contribution in [0, 0.1) is 0 Å². The maximum atomic E-state index is 10.5. The molecule has 0 aromatic heterocycles. The molecule has 0 aliphatic heterocycles. The molecular weight excluding hydrogens is 332 g/mol. The molecule has 0 bridgehead atoms. The Morgan fingerprint density at radius 3 is 2.14 bits per heavy atom. The molecule has 0 saturated carbocycles. The van der Waals surface area contributed by atoms with Gasteiger partial charge in [-0.3, -0.25) is 4.79 Å². The predicted molar refractivity (Wildman–Crippen MR) is 86.5 cm³/mol. The van der Waals surface area contributed by atoms with Crippen molar-refractivity contribution in [1.29, 1.82) is 0 Å². The van der Waals surface area contributed by atoms with Gasteiger partial charge in [0.05, 0.1) is 6.10 Å². The van der Waals surface area contributed by atoms with Crippen molar-refractivity contribution >= 4 is 21.9 Å². The van der Waals surface area contributed by atoms with Gasteiger partial charge in [0.1, 0.15) is 5.75 Å². The van der Waals surface area contributed by atoms with Crippen molar-refractivity contribution in [2.45, 2.75) is 25.9 Å². The average Bonchev–Trinajstić information content (AvgIpc) is 2.47. The topological polar surface area (TPSA) is 46.5 Å². The maximum absolute atomic E-state index is 10.5. The minimum absolute atomic E-state index is 0.111. The Morgan fingerprint density at radius 1 is 1.10 bits per heavy atom. The fraction of sp³-hybridized carbons (Fsp3) is 0.235. The molecule has 0 saturated heterocycles. The van der Waals surface area contributed by atoms with Gasteiger partial charge in [-0.1, -0.05) is 40.2 Å². The lowest BCUT2D eigenvalue weighted by molar-refractivity contribution is -0.137. The van der Waals surface area contributed by atoms with Crippen LogP contribution in [0.3, 0.4) is 0 Å². The molecule has 2 rings (SSSR count). The number of halogens is 1. The van der Waals surface area contributed by atoms with Crippen LogP contribution in [0.4, 0.5) is 0 Å². The lowest BCUT2D eigenvalue weighted by Gasteiger charge is -2.14. The first-order chi connectivity index (χ1) is 10.0. The van der Waals surface area contributed by atoms with Crippen LogP contribution in [-0.2, 0) is 4.79 Å². The van der Waals surface area contributed by atoms with Crippen LogP contribution < -0.4 is 4.74 Å². The highest BCUT2D eigenvalue weighted by Crippen LogP contribution is 2.24. The van der Waals surface area contributed by atoms with Crippen LogP contribution in [0.15, 0.2) is 53.0 Å². The first kappa shape index (κ1) is 15.6. The highest BCUT2D eigenvalue weighted by Gasteiger charge is 2.07. The van der Waals surface area contributed by atoms with E-state index in [0.29, 0.717) is 6.42 Å². The Balaban J connectivity index is 1.98. The molecule has 3 nitrogen and oxygen atoms in total. The summed E-state index contributed by atoms with van der Waals surface area (Å²) in [7, 11) is 0. The third-order valence-electron chi connectivity index (χ3n) is 3.13. The number of carboxylic acid groups (broad SMARTS) is 1. The van der Waals surface area contributed by atoms with E-state index >= 15 is 0 Å². The van der Waals surface area contributed by atoms with E-state index in [9.17, 15) is 4.79 Å². The fourth-order valence-corrected chi connectivity index (χ4v) is 2.25. The van der Waals surface area contributed by atoms with E-state index in [1.807, 2.05) is 43.3 Å². The van der Waals surface area contributed by atoms with Crippen molar-refractivity contribution in [3.63, 3.8) is 0 Å². The molecule has 0 heterocycles. The summed E-state index contributed by atoms with van der Waals surface area (Å²) in [5, 5.41) is 8.65. The van der Waals surface area contributed by atoms with E-state index in [0.717, 1.165) is 21.3 Å². The van der Waals surface area contributed by atoms with Gasteiger partial charge in [0.15, 0.2) is 0 Å². The van der Waals surface area contributed by atoms with Crippen molar-refractivity contribution in [2.75, 3.05) is 0 Å². The van der Waals surface area contributed by atoms with Gasteiger partial charge in [-0.2, -0.15) is 0 Å². The van der Waals surface area contributed by atoms with E-state index < -0.39 is 5.97 Å². The van der Waals surface area contributed by atoms with E-state index in [1.165, 1.54) is 0 Å². The van der Waals surface area contributed by atoms with Gasteiger partial charge in [-0.05, 0) is 48.7 Å². The monoisotopic (exact) mass is 348 g/mol. The molecule has 21 heavy (non-hydrogen) atoms. The minimum atomic E-state index is -0.795. The first-order valence-corrected chi connectivity index (χ1v) is 7.58. The Labute approximate surface area is 132 Å². The Kier molecular flexibility index (Phi) is 5.39. The molecule has 110 valence electrons. The molecule has 1 atom stereocenters. The van der Waals surface area contributed by atoms with Gasteiger partial charge >= 0.3 is 5.97 Å². The number of hydrogen-bond donors (Lipinski definition) is 1. The Hall–Kier alpha value is -1.81. The van der Waals surface area contributed by atoms with Crippen LogP contribution >= 0.6 is 15.9 Å². The zero-order valence-corrected chi connectivity index (χ0v) is 13.3. The highest BCUT2D eigenvalue weighted by molar-refractivity contribution is 9.10. The number of hydrogen-bond acceptors (Lipinski definition) is 2. The third-order valence-corrected chi connectivity index (χ3v) is 3.66. The molecule has 0 fully saturated rings. The first-order valence-electron chi connectivity index (χ1n) is 6.79. The minimum Gasteiger partial charge on any atom is -0.491 e. The largest absolute Gasteiger partial charge is 0.491 e. The van der Waals surface area contributed by atoms with Crippen molar-refractivity contribution in [2.24, 2.45) is 0 Å². The Bertz CT molecular complexity index is 590. The van der Waals surface area contributed by atoms with Gasteiger partial charge in [-0.15, -0.1) is 0 Å². The molecule has 4 heteroatoms. The lowest BCUT2D eigenvalue weighted by atomic mass is 10.1. The van der Waals surface area contributed by atoms with Crippen LogP contribution in [0.25, 0.3) is 11.1 Å². The van der Waals surface area contributed by atoms with Crippen LogP contribution in [0.5, 0.6) is 5.75 Å². The number of benzene rings is 2. The predicted octanol–water partition coefficient (Wildman–Crippen LogP) is 4.75. The van der Waals surface area contributed by atoms with Crippen LogP contribution in [0.2, 0.25) is 0 Å². The number of rotatable bonds is 6. The Morgan fingerprint density at radius 2 is 1.62 bits per heavy atom. The zero-order valence-electron chi connectivity index (χ0n) is 11.8. The zero-order chi connectivity index (χ0) is 15.2. The fourth-order valence-electron chi connectivity index (χ4n) is 1.99. The summed E-state index contributed by atoms with van der Waals surface area (Å²) < 4.78 is 6.76. The van der Waals surface area contributed by atoms with E-state index in [-0.39, 0.29) is 12.5 Å². The van der Waals surface area contributed by atoms with E-state index in [4.69, 9.17) is 9.84 Å². The van der Waals surface area contributed by atoms with Crippen molar-refractivity contribution in [3.8, 4) is 16.9 Å². The molecular formula is C17H17BrO3. The summed E-state index contributed by atoms with van der Waals surface area (Å²) in [6.45, 7) is 1.88. The van der Waals surface area contributed by atoms with Crippen LogP contribution in [0.1, 0.15) is 19.8 Å². The third kappa shape index (κ3) is 4.90. The highest BCUT2D eigenvalue weighted by atomic mass is 79.9. The van der Waals surface area contributed by atoms with Gasteiger partial charge in [0, 0.05) is 10.9 Å². The van der Waals surface area contributed by atoms with Gasteiger partial charge in [0.2, 0.25) is 0 Å². The lowest BCUT2D eigenvalue weighted by Crippen LogP contribution is -2.13. The van der Waals surface area contributed by atoms with E-state index in [1.54, 1.807) is 0 Å². The van der Waals surface area contributed by atoms with Crippen LogP contribution in [-0.4, -0.2) is 17.2 Å².